The number of likely N-dealkylation sites (N-methyl/N-ethyl adjacent to an activating group) is 1. The van der Waals surface area contributed by atoms with Gasteiger partial charge < -0.3 is 20.1 Å². The molecule has 0 bridgehead atoms. The van der Waals surface area contributed by atoms with Crippen molar-refractivity contribution >= 4 is 27.8 Å². The second-order valence-electron chi connectivity index (χ2n) is 10.3. The van der Waals surface area contributed by atoms with Gasteiger partial charge in [0, 0.05) is 68.8 Å². The molecule has 0 amide bonds. The Morgan fingerprint density at radius 3 is 2.60 bits per heavy atom. The molecule has 6 heterocycles. The Hall–Kier alpha value is -4.67. The number of rotatable bonds is 7. The summed E-state index contributed by atoms with van der Waals surface area (Å²) in [6, 6.07) is 16.5. The van der Waals surface area contributed by atoms with E-state index in [1.807, 2.05) is 36.9 Å². The minimum atomic E-state index is 0.707. The fourth-order valence-electron chi connectivity index (χ4n) is 5.21. The molecule has 1 aliphatic heterocycles. The van der Waals surface area contributed by atoms with Crippen LogP contribution in [0.5, 0.6) is 0 Å². The molecule has 1 fully saturated rings. The van der Waals surface area contributed by atoms with Gasteiger partial charge in [-0.3, -0.25) is 15.1 Å². The molecule has 5 aromatic heterocycles. The van der Waals surface area contributed by atoms with Crippen LogP contribution >= 0.6 is 0 Å². The van der Waals surface area contributed by atoms with Crippen LogP contribution in [0, 0.1) is 0 Å². The zero-order chi connectivity index (χ0) is 26.9. The van der Waals surface area contributed by atoms with Gasteiger partial charge >= 0.3 is 0 Å². The van der Waals surface area contributed by atoms with Gasteiger partial charge in [0.2, 0.25) is 0 Å². The Kier molecular flexibility index (Phi) is 6.39. The van der Waals surface area contributed by atoms with Gasteiger partial charge in [0.15, 0.2) is 11.6 Å². The number of piperazine rings is 1. The second kappa shape index (κ2) is 10.5. The van der Waals surface area contributed by atoms with E-state index < -0.39 is 0 Å². The Labute approximate surface area is 231 Å². The second-order valence-corrected chi connectivity index (χ2v) is 10.3. The van der Waals surface area contributed by atoms with E-state index in [1.165, 1.54) is 5.56 Å². The number of nitrogens with zero attached hydrogens (tertiary/aromatic N) is 7. The maximum Gasteiger partial charge on any atom is 0.159 e. The van der Waals surface area contributed by atoms with Crippen molar-refractivity contribution < 1.29 is 0 Å². The summed E-state index contributed by atoms with van der Waals surface area (Å²) in [5, 5.41) is 12.2. The number of hydrogen-bond acceptors (Lipinski definition) is 8. The van der Waals surface area contributed by atoms with E-state index in [9.17, 15) is 0 Å². The molecule has 0 radical (unpaired) electrons. The van der Waals surface area contributed by atoms with Crippen LogP contribution in [0.25, 0.3) is 44.7 Å². The first-order chi connectivity index (χ1) is 19.7. The third-order valence-corrected chi connectivity index (χ3v) is 7.45. The normalized spacial score (nSPS) is 14.4. The number of H-pyrrole nitrogens is 2. The summed E-state index contributed by atoms with van der Waals surface area (Å²) in [7, 11) is 2.15. The van der Waals surface area contributed by atoms with Crippen molar-refractivity contribution in [2.75, 3.05) is 38.1 Å². The van der Waals surface area contributed by atoms with E-state index in [2.05, 4.69) is 83.7 Å². The number of benzene rings is 1. The Bertz CT molecular complexity index is 1770. The largest absolute Gasteiger partial charge is 0.352 e. The molecule has 0 unspecified atom stereocenters. The lowest BCUT2D eigenvalue weighted by Gasteiger charge is -2.33. The van der Waals surface area contributed by atoms with Crippen molar-refractivity contribution in [2.45, 2.75) is 13.1 Å². The quantitative estimate of drug-likeness (QED) is 0.284. The van der Waals surface area contributed by atoms with E-state index in [-0.39, 0.29) is 0 Å². The molecule has 10 heteroatoms. The molecule has 1 saturated heterocycles. The molecular weight excluding hydrogens is 500 g/mol. The summed E-state index contributed by atoms with van der Waals surface area (Å²) in [6.45, 7) is 5.40. The van der Waals surface area contributed by atoms with E-state index in [0.717, 1.165) is 89.5 Å². The fourth-order valence-corrected chi connectivity index (χ4v) is 5.21. The SMILES string of the molecule is CN1CCN(c2nccc3[nH]c(-c4n[nH]c5cnc(-c6cncc(CNCc7ccccc7)c6)cc45)nc23)CC1. The van der Waals surface area contributed by atoms with Crippen LogP contribution in [0.15, 0.2) is 73.3 Å². The van der Waals surface area contributed by atoms with Gasteiger partial charge in [-0.15, -0.1) is 0 Å². The molecule has 1 aromatic carbocycles. The van der Waals surface area contributed by atoms with Crippen molar-refractivity contribution in [1.29, 1.82) is 0 Å². The zero-order valence-electron chi connectivity index (χ0n) is 22.3. The van der Waals surface area contributed by atoms with Gasteiger partial charge in [0.05, 0.1) is 22.9 Å². The standard InChI is InChI=1S/C30H30N10/c1-39-9-11-40(12-10-39)30-28-24(7-8-33-30)35-29(36-28)27-23-14-25(34-19-26(23)37-38-27)22-13-21(17-32-18-22)16-31-15-20-5-3-2-4-6-20/h2-8,13-14,17-19,31H,9-12,15-16H2,1H3,(H,35,36)(H,37,38). The Morgan fingerprint density at radius 1 is 0.875 bits per heavy atom. The number of fused-ring (bicyclic) bond motifs is 2. The smallest absolute Gasteiger partial charge is 0.159 e. The minimum absolute atomic E-state index is 0.707. The van der Waals surface area contributed by atoms with Crippen molar-refractivity contribution in [3.63, 3.8) is 0 Å². The summed E-state index contributed by atoms with van der Waals surface area (Å²) in [4.78, 5) is 27.0. The van der Waals surface area contributed by atoms with Crippen molar-refractivity contribution in [2.24, 2.45) is 0 Å². The average molecular weight is 531 g/mol. The molecule has 0 atom stereocenters. The predicted molar refractivity (Wildman–Crippen MR) is 157 cm³/mol. The van der Waals surface area contributed by atoms with Crippen LogP contribution in [0.4, 0.5) is 5.82 Å². The van der Waals surface area contributed by atoms with Crippen LogP contribution < -0.4 is 10.2 Å². The van der Waals surface area contributed by atoms with Gasteiger partial charge in [-0.05, 0) is 36.4 Å². The van der Waals surface area contributed by atoms with Gasteiger partial charge in [-0.1, -0.05) is 30.3 Å². The number of aromatic amines is 2. The van der Waals surface area contributed by atoms with Crippen LogP contribution in [-0.4, -0.2) is 73.2 Å². The highest BCUT2D eigenvalue weighted by Gasteiger charge is 2.21. The lowest BCUT2D eigenvalue weighted by atomic mass is 10.1. The maximum atomic E-state index is 4.98. The molecule has 7 rings (SSSR count). The van der Waals surface area contributed by atoms with E-state index in [0.29, 0.717) is 5.82 Å². The van der Waals surface area contributed by atoms with Crippen LogP contribution in [-0.2, 0) is 13.1 Å². The maximum absolute atomic E-state index is 4.98. The molecule has 3 N–H and O–H groups in total. The zero-order valence-corrected chi connectivity index (χ0v) is 22.3. The monoisotopic (exact) mass is 530 g/mol. The number of imidazole rings is 1. The lowest BCUT2D eigenvalue weighted by Crippen LogP contribution is -2.44. The average Bonchev–Trinajstić information content (AvgIpc) is 3.62. The first kappa shape index (κ1) is 24.4. The molecule has 1 aliphatic rings. The summed E-state index contributed by atoms with van der Waals surface area (Å²) < 4.78 is 0. The summed E-state index contributed by atoms with van der Waals surface area (Å²) in [5.41, 5.74) is 7.57. The van der Waals surface area contributed by atoms with Crippen molar-refractivity contribution in [3.8, 4) is 22.8 Å². The Balaban J connectivity index is 1.17. The summed E-state index contributed by atoms with van der Waals surface area (Å²) in [6.07, 6.45) is 7.41. The molecule has 6 aromatic rings. The summed E-state index contributed by atoms with van der Waals surface area (Å²) in [5.74, 6) is 1.62. The molecule has 0 spiro atoms. The van der Waals surface area contributed by atoms with Crippen LogP contribution in [0.2, 0.25) is 0 Å². The van der Waals surface area contributed by atoms with E-state index in [1.54, 1.807) is 0 Å². The number of hydrogen-bond donors (Lipinski definition) is 3. The number of aromatic nitrogens is 7. The van der Waals surface area contributed by atoms with Crippen LogP contribution in [0.3, 0.4) is 0 Å². The van der Waals surface area contributed by atoms with Crippen LogP contribution in [0.1, 0.15) is 11.1 Å². The fraction of sp³-hybridized carbons (Fsp3) is 0.233. The summed E-state index contributed by atoms with van der Waals surface area (Å²) >= 11 is 0. The molecule has 40 heavy (non-hydrogen) atoms. The first-order valence-electron chi connectivity index (χ1n) is 13.5. The molecule has 0 saturated carbocycles. The number of nitrogens with one attached hydrogen (secondary N) is 3. The van der Waals surface area contributed by atoms with Gasteiger partial charge in [-0.2, -0.15) is 5.10 Å². The molecule has 0 aliphatic carbocycles. The highest BCUT2D eigenvalue weighted by atomic mass is 15.3. The van der Waals surface area contributed by atoms with E-state index in [4.69, 9.17) is 9.97 Å². The van der Waals surface area contributed by atoms with E-state index >= 15 is 0 Å². The lowest BCUT2D eigenvalue weighted by molar-refractivity contribution is 0.312. The number of anilines is 1. The first-order valence-corrected chi connectivity index (χ1v) is 13.5. The highest BCUT2D eigenvalue weighted by Crippen LogP contribution is 2.31. The third-order valence-electron chi connectivity index (χ3n) is 7.45. The van der Waals surface area contributed by atoms with Crippen molar-refractivity contribution in [3.05, 3.63) is 84.4 Å². The molecule has 10 nitrogen and oxygen atoms in total. The third kappa shape index (κ3) is 4.78. The molecule has 200 valence electrons. The van der Waals surface area contributed by atoms with Gasteiger partial charge in [0.25, 0.3) is 0 Å². The minimum Gasteiger partial charge on any atom is -0.352 e. The van der Waals surface area contributed by atoms with Crippen molar-refractivity contribution in [1.82, 2.24) is 45.3 Å². The van der Waals surface area contributed by atoms with Gasteiger partial charge in [0.1, 0.15) is 11.2 Å². The number of pyridine rings is 3. The molecular formula is C30H30N10. The predicted octanol–water partition coefficient (Wildman–Crippen LogP) is 4.00. The van der Waals surface area contributed by atoms with Gasteiger partial charge in [-0.25, -0.2) is 9.97 Å². The topological polar surface area (TPSA) is 115 Å². The highest BCUT2D eigenvalue weighted by molar-refractivity contribution is 5.96. The Morgan fingerprint density at radius 2 is 1.73 bits per heavy atom.